The SMILES string of the molecule is COc1cccc(F)c1NN.O=[N+]([O-])O. The van der Waals surface area contributed by atoms with Gasteiger partial charge in [0, 0.05) is 0 Å². The van der Waals surface area contributed by atoms with Crippen LogP contribution in [-0.4, -0.2) is 17.4 Å². The summed E-state index contributed by atoms with van der Waals surface area (Å²) in [7, 11) is 1.45. The van der Waals surface area contributed by atoms with Crippen LogP contribution in [0.1, 0.15) is 0 Å². The summed E-state index contributed by atoms with van der Waals surface area (Å²) in [6.07, 6.45) is 0. The molecule has 7 nitrogen and oxygen atoms in total. The molecule has 0 aliphatic carbocycles. The molecule has 0 heterocycles. The fourth-order valence-corrected chi connectivity index (χ4v) is 0.815. The van der Waals surface area contributed by atoms with Gasteiger partial charge < -0.3 is 15.4 Å². The molecule has 84 valence electrons. The van der Waals surface area contributed by atoms with E-state index < -0.39 is 10.9 Å². The van der Waals surface area contributed by atoms with Crippen LogP contribution >= 0.6 is 0 Å². The highest BCUT2D eigenvalue weighted by atomic mass is 19.1. The first-order chi connectivity index (χ1) is 7.02. The molecule has 0 aliphatic heterocycles. The molecule has 0 aliphatic rings. The van der Waals surface area contributed by atoms with Gasteiger partial charge in [0.25, 0.3) is 5.09 Å². The van der Waals surface area contributed by atoms with Gasteiger partial charge in [-0.2, -0.15) is 0 Å². The molecule has 0 amide bonds. The molecule has 8 heteroatoms. The first-order valence-electron chi connectivity index (χ1n) is 3.65. The number of halogens is 1. The molecule has 1 aromatic carbocycles. The Morgan fingerprint density at radius 2 is 2.20 bits per heavy atom. The second kappa shape index (κ2) is 6.38. The minimum absolute atomic E-state index is 0.176. The van der Waals surface area contributed by atoms with Gasteiger partial charge in [-0.3, -0.25) is 5.84 Å². The standard InChI is InChI=1S/C7H9FN2O.HNO3/c1-11-6-4-2-3-5(8)7(6)10-9;2-1(3)4/h2-4,10H,9H2,1H3;(H,2,3,4). The Labute approximate surface area is 84.3 Å². The molecule has 0 atom stereocenters. The van der Waals surface area contributed by atoms with Gasteiger partial charge in [0.05, 0.1) is 7.11 Å². The largest absolute Gasteiger partial charge is 0.494 e. The zero-order valence-corrected chi connectivity index (χ0v) is 7.81. The van der Waals surface area contributed by atoms with Gasteiger partial charge in [0.2, 0.25) is 0 Å². The molecule has 0 saturated heterocycles. The molecule has 0 bridgehead atoms. The van der Waals surface area contributed by atoms with E-state index in [0.29, 0.717) is 5.75 Å². The normalized spacial score (nSPS) is 8.47. The maximum Gasteiger partial charge on any atom is 0.291 e. The van der Waals surface area contributed by atoms with E-state index in [0.717, 1.165) is 0 Å². The third-order valence-electron chi connectivity index (χ3n) is 1.34. The van der Waals surface area contributed by atoms with E-state index in [4.69, 9.17) is 25.9 Å². The summed E-state index contributed by atoms with van der Waals surface area (Å²) >= 11 is 0. The summed E-state index contributed by atoms with van der Waals surface area (Å²) in [5.41, 5.74) is 2.39. The summed E-state index contributed by atoms with van der Waals surface area (Å²) in [4.78, 5) is 8.36. The van der Waals surface area contributed by atoms with Gasteiger partial charge in [-0.1, -0.05) is 6.07 Å². The van der Waals surface area contributed by atoms with Crippen molar-refractivity contribution < 1.29 is 19.4 Å². The number of methoxy groups -OCH3 is 1. The predicted molar refractivity (Wildman–Crippen MR) is 49.5 cm³/mol. The summed E-state index contributed by atoms with van der Waals surface area (Å²) in [5.74, 6) is 5.03. The molecule has 0 unspecified atom stereocenters. The van der Waals surface area contributed by atoms with Crippen molar-refractivity contribution in [2.24, 2.45) is 5.84 Å². The van der Waals surface area contributed by atoms with Crippen LogP contribution in [0.25, 0.3) is 0 Å². The van der Waals surface area contributed by atoms with Gasteiger partial charge in [0.15, 0.2) is 5.82 Å². The van der Waals surface area contributed by atoms with Crippen LogP contribution in [0.5, 0.6) is 5.75 Å². The molecular weight excluding hydrogens is 209 g/mol. The van der Waals surface area contributed by atoms with Crippen LogP contribution in [0.3, 0.4) is 0 Å². The molecular formula is C7H10FN3O4. The van der Waals surface area contributed by atoms with Crippen LogP contribution < -0.4 is 16.0 Å². The van der Waals surface area contributed by atoms with Crippen LogP contribution in [0.15, 0.2) is 18.2 Å². The van der Waals surface area contributed by atoms with Gasteiger partial charge >= 0.3 is 0 Å². The first-order valence-corrected chi connectivity index (χ1v) is 3.65. The van der Waals surface area contributed by atoms with Crippen LogP contribution in [0, 0.1) is 15.9 Å². The summed E-state index contributed by atoms with van der Waals surface area (Å²) in [6, 6.07) is 4.48. The maximum absolute atomic E-state index is 12.8. The fourth-order valence-electron chi connectivity index (χ4n) is 0.815. The molecule has 0 spiro atoms. The van der Waals surface area contributed by atoms with Crippen molar-refractivity contribution in [3.63, 3.8) is 0 Å². The minimum Gasteiger partial charge on any atom is -0.494 e. The predicted octanol–water partition coefficient (Wildman–Crippen LogP) is 0.772. The van der Waals surface area contributed by atoms with E-state index in [2.05, 4.69) is 5.43 Å². The number of nitrogen functional groups attached to an aromatic ring is 1. The number of anilines is 1. The molecule has 4 N–H and O–H groups in total. The van der Waals surface area contributed by atoms with Crippen LogP contribution in [0.2, 0.25) is 0 Å². The number of benzene rings is 1. The van der Waals surface area contributed by atoms with Crippen molar-refractivity contribution in [2.75, 3.05) is 12.5 Å². The third kappa shape index (κ3) is 4.62. The minimum atomic E-state index is -1.50. The van der Waals surface area contributed by atoms with Crippen molar-refractivity contribution in [2.45, 2.75) is 0 Å². The second-order valence-electron chi connectivity index (χ2n) is 2.20. The molecule has 0 saturated carbocycles. The highest BCUT2D eigenvalue weighted by Gasteiger charge is 2.05. The van der Waals surface area contributed by atoms with Crippen molar-refractivity contribution in [1.29, 1.82) is 0 Å². The smallest absolute Gasteiger partial charge is 0.291 e. The molecule has 0 radical (unpaired) electrons. The average molecular weight is 219 g/mol. The molecule has 0 aromatic heterocycles. The van der Waals surface area contributed by atoms with E-state index >= 15 is 0 Å². The van der Waals surface area contributed by atoms with Crippen molar-refractivity contribution in [3.8, 4) is 5.75 Å². The van der Waals surface area contributed by atoms with Gasteiger partial charge in [-0.15, -0.1) is 10.1 Å². The fraction of sp³-hybridized carbons (Fsp3) is 0.143. The van der Waals surface area contributed by atoms with E-state index in [-0.39, 0.29) is 5.69 Å². The summed E-state index contributed by atoms with van der Waals surface area (Å²) in [6.45, 7) is 0. The number of rotatable bonds is 2. The number of nitrogens with zero attached hydrogens (tertiary/aromatic N) is 1. The molecule has 0 fully saturated rings. The Morgan fingerprint density at radius 3 is 2.53 bits per heavy atom. The maximum atomic E-state index is 12.8. The number of nitrogens with two attached hydrogens (primary N) is 1. The van der Waals surface area contributed by atoms with Crippen LogP contribution in [0.4, 0.5) is 10.1 Å². The molecule has 15 heavy (non-hydrogen) atoms. The van der Waals surface area contributed by atoms with Gasteiger partial charge in [0.1, 0.15) is 11.4 Å². The zero-order valence-electron chi connectivity index (χ0n) is 7.81. The monoisotopic (exact) mass is 219 g/mol. The molecule has 1 aromatic rings. The van der Waals surface area contributed by atoms with E-state index in [1.54, 1.807) is 12.1 Å². The van der Waals surface area contributed by atoms with Crippen molar-refractivity contribution in [1.82, 2.24) is 0 Å². The Kier molecular flexibility index (Phi) is 5.49. The quantitative estimate of drug-likeness (QED) is 0.385. The lowest BCUT2D eigenvalue weighted by Crippen LogP contribution is -2.09. The lowest BCUT2D eigenvalue weighted by atomic mass is 10.3. The summed E-state index contributed by atoms with van der Waals surface area (Å²) in [5, 5.41) is 13.6. The topological polar surface area (TPSA) is 111 Å². The number of nitrogens with one attached hydrogen (secondary N) is 1. The van der Waals surface area contributed by atoms with Gasteiger partial charge in [-0.05, 0) is 12.1 Å². The third-order valence-corrected chi connectivity index (χ3v) is 1.34. The highest BCUT2D eigenvalue weighted by Crippen LogP contribution is 2.25. The Balaban J connectivity index is 0.000000423. The number of hydrogen-bond donors (Lipinski definition) is 3. The lowest BCUT2D eigenvalue weighted by molar-refractivity contribution is -0.742. The summed E-state index contributed by atoms with van der Waals surface area (Å²) < 4.78 is 17.6. The number of ether oxygens (including phenoxy) is 1. The first kappa shape index (κ1) is 12.9. The lowest BCUT2D eigenvalue weighted by Gasteiger charge is -2.06. The average Bonchev–Trinajstić information content (AvgIpc) is 2.16. The van der Waals surface area contributed by atoms with E-state index in [1.807, 2.05) is 0 Å². The van der Waals surface area contributed by atoms with Crippen LogP contribution in [-0.2, 0) is 0 Å². The number of para-hydroxylation sites is 1. The second-order valence-corrected chi connectivity index (χ2v) is 2.20. The highest BCUT2D eigenvalue weighted by molar-refractivity contribution is 5.56. The number of hydrogen-bond acceptors (Lipinski definition) is 5. The number of hydrazine groups is 1. The Hall–Kier alpha value is -2.09. The van der Waals surface area contributed by atoms with E-state index in [9.17, 15) is 4.39 Å². The zero-order chi connectivity index (χ0) is 11.8. The molecule has 1 rings (SSSR count). The van der Waals surface area contributed by atoms with Crippen molar-refractivity contribution in [3.05, 3.63) is 34.1 Å². The van der Waals surface area contributed by atoms with E-state index in [1.165, 1.54) is 13.2 Å². The van der Waals surface area contributed by atoms with Gasteiger partial charge in [-0.25, -0.2) is 4.39 Å². The Morgan fingerprint density at radius 1 is 1.67 bits per heavy atom. The Bertz CT molecular complexity index is 330. The van der Waals surface area contributed by atoms with Crippen molar-refractivity contribution >= 4 is 5.69 Å².